The van der Waals surface area contributed by atoms with Crippen molar-refractivity contribution in [2.75, 3.05) is 11.1 Å². The first kappa shape index (κ1) is 12.4. The molecule has 0 bridgehead atoms. The quantitative estimate of drug-likeness (QED) is 0.767. The van der Waals surface area contributed by atoms with Crippen molar-refractivity contribution in [3.8, 4) is 0 Å². The van der Waals surface area contributed by atoms with Crippen LogP contribution in [-0.2, 0) is 4.79 Å². The summed E-state index contributed by atoms with van der Waals surface area (Å²) in [4.78, 5) is 13.6. The van der Waals surface area contributed by atoms with Crippen molar-refractivity contribution >= 4 is 35.0 Å². The second-order valence-electron chi connectivity index (χ2n) is 5.22. The predicted octanol–water partition coefficient (Wildman–Crippen LogP) is 4.33. The van der Waals surface area contributed by atoms with Gasteiger partial charge >= 0.3 is 0 Å². The normalized spacial score (nSPS) is 22.2. The molecule has 1 aromatic carbocycles. The van der Waals surface area contributed by atoms with Gasteiger partial charge in [0.2, 0.25) is 5.91 Å². The third-order valence-electron chi connectivity index (χ3n) is 3.99. The Kier molecular flexibility index (Phi) is 3.29. The van der Waals surface area contributed by atoms with E-state index in [-0.39, 0.29) is 11.3 Å². The number of halogens is 1. The molecule has 2 aliphatic rings. The molecule has 2 nitrogen and oxygen atoms in total. The number of amides is 1. The molecule has 0 atom stereocenters. The minimum Gasteiger partial charge on any atom is -0.325 e. The zero-order valence-electron chi connectivity index (χ0n) is 10.2. The second-order valence-corrected chi connectivity index (χ2v) is 6.68. The highest BCUT2D eigenvalue weighted by atomic mass is 35.5. The average molecular weight is 282 g/mol. The van der Waals surface area contributed by atoms with Crippen molar-refractivity contribution in [2.24, 2.45) is 5.41 Å². The van der Waals surface area contributed by atoms with Gasteiger partial charge in [0.15, 0.2) is 0 Å². The van der Waals surface area contributed by atoms with Gasteiger partial charge in [-0.25, -0.2) is 0 Å². The molecule has 0 radical (unpaired) electrons. The van der Waals surface area contributed by atoms with E-state index in [2.05, 4.69) is 5.32 Å². The predicted molar refractivity (Wildman–Crippen MR) is 76.3 cm³/mol. The van der Waals surface area contributed by atoms with Crippen LogP contribution in [0.3, 0.4) is 0 Å². The number of hydrogen-bond donors (Lipinski definition) is 1. The molecule has 1 aliphatic carbocycles. The van der Waals surface area contributed by atoms with E-state index in [4.69, 9.17) is 11.6 Å². The van der Waals surface area contributed by atoms with Crippen molar-refractivity contribution in [3.05, 3.63) is 23.2 Å². The Labute approximate surface area is 116 Å². The number of thioether (sulfide) groups is 1. The van der Waals surface area contributed by atoms with E-state index in [0.717, 1.165) is 29.2 Å². The summed E-state index contributed by atoms with van der Waals surface area (Å²) in [5.41, 5.74) is 0.717. The smallest absolute Gasteiger partial charge is 0.231 e. The topological polar surface area (TPSA) is 29.1 Å². The van der Waals surface area contributed by atoms with E-state index in [1.807, 2.05) is 18.2 Å². The number of benzene rings is 1. The molecule has 4 heteroatoms. The Bertz CT molecular complexity index is 483. The van der Waals surface area contributed by atoms with Crippen LogP contribution in [0, 0.1) is 5.41 Å². The van der Waals surface area contributed by atoms with E-state index in [0.29, 0.717) is 5.02 Å². The molecule has 1 fully saturated rings. The molecule has 1 spiro atoms. The fraction of sp³-hybridized carbons (Fsp3) is 0.500. The Morgan fingerprint density at radius 1 is 1.22 bits per heavy atom. The SMILES string of the molecule is O=C1Nc2cc(Cl)ccc2SCC12CCCCC2. The summed E-state index contributed by atoms with van der Waals surface area (Å²) in [6.07, 6.45) is 5.65. The van der Waals surface area contributed by atoms with E-state index >= 15 is 0 Å². The molecule has 1 aromatic rings. The van der Waals surface area contributed by atoms with Crippen LogP contribution in [-0.4, -0.2) is 11.7 Å². The third-order valence-corrected chi connectivity index (χ3v) is 5.59. The van der Waals surface area contributed by atoms with Crippen molar-refractivity contribution in [2.45, 2.75) is 37.0 Å². The van der Waals surface area contributed by atoms with Gasteiger partial charge in [-0.2, -0.15) is 0 Å². The lowest BCUT2D eigenvalue weighted by Gasteiger charge is -2.33. The Morgan fingerprint density at radius 2 is 2.00 bits per heavy atom. The van der Waals surface area contributed by atoms with Crippen molar-refractivity contribution in [3.63, 3.8) is 0 Å². The van der Waals surface area contributed by atoms with Gasteiger partial charge in [0.1, 0.15) is 0 Å². The van der Waals surface area contributed by atoms with Crippen LogP contribution in [0.15, 0.2) is 23.1 Å². The van der Waals surface area contributed by atoms with E-state index in [1.165, 1.54) is 19.3 Å². The first-order chi connectivity index (χ1) is 8.70. The summed E-state index contributed by atoms with van der Waals surface area (Å²) in [6, 6.07) is 5.74. The maximum Gasteiger partial charge on any atom is 0.231 e. The number of nitrogens with one attached hydrogen (secondary N) is 1. The molecule has 1 heterocycles. The van der Waals surface area contributed by atoms with Gasteiger partial charge < -0.3 is 5.32 Å². The van der Waals surface area contributed by atoms with Crippen molar-refractivity contribution in [1.82, 2.24) is 0 Å². The number of carbonyl (C=O) groups is 1. The summed E-state index contributed by atoms with van der Waals surface area (Å²) in [7, 11) is 0. The minimum absolute atomic E-state index is 0.158. The summed E-state index contributed by atoms with van der Waals surface area (Å²) in [5.74, 6) is 1.09. The molecule has 96 valence electrons. The molecule has 1 aliphatic heterocycles. The summed E-state index contributed by atoms with van der Waals surface area (Å²) in [5, 5.41) is 3.75. The fourth-order valence-electron chi connectivity index (χ4n) is 2.86. The number of anilines is 1. The molecule has 3 rings (SSSR count). The zero-order chi connectivity index (χ0) is 12.6. The molecule has 1 saturated carbocycles. The lowest BCUT2D eigenvalue weighted by molar-refractivity contribution is -0.126. The molecular weight excluding hydrogens is 266 g/mol. The molecule has 0 aromatic heterocycles. The molecule has 1 N–H and O–H groups in total. The molecule has 0 unspecified atom stereocenters. The van der Waals surface area contributed by atoms with Crippen LogP contribution in [0.4, 0.5) is 5.69 Å². The van der Waals surface area contributed by atoms with Crippen LogP contribution in [0.25, 0.3) is 0 Å². The van der Waals surface area contributed by atoms with Crippen molar-refractivity contribution < 1.29 is 4.79 Å². The summed E-state index contributed by atoms with van der Waals surface area (Å²) in [6.45, 7) is 0. The second kappa shape index (κ2) is 4.78. The van der Waals surface area contributed by atoms with E-state index in [1.54, 1.807) is 11.8 Å². The van der Waals surface area contributed by atoms with Crippen LogP contribution in [0.2, 0.25) is 5.02 Å². The summed E-state index contributed by atoms with van der Waals surface area (Å²) < 4.78 is 0. The highest BCUT2D eigenvalue weighted by Gasteiger charge is 2.41. The lowest BCUT2D eigenvalue weighted by atomic mass is 9.75. The minimum atomic E-state index is -0.158. The Morgan fingerprint density at radius 3 is 2.78 bits per heavy atom. The van der Waals surface area contributed by atoms with Gasteiger partial charge in [0.05, 0.1) is 11.1 Å². The third kappa shape index (κ3) is 2.14. The van der Waals surface area contributed by atoms with Gasteiger partial charge in [0, 0.05) is 15.7 Å². The van der Waals surface area contributed by atoms with Gasteiger partial charge in [-0.1, -0.05) is 30.9 Å². The van der Waals surface area contributed by atoms with Crippen LogP contribution < -0.4 is 5.32 Å². The number of fused-ring (bicyclic) bond motifs is 1. The zero-order valence-corrected chi connectivity index (χ0v) is 11.7. The molecular formula is C14H16ClNOS. The molecule has 1 amide bonds. The number of hydrogen-bond acceptors (Lipinski definition) is 2. The maximum absolute atomic E-state index is 12.5. The average Bonchev–Trinajstić information content (AvgIpc) is 2.50. The largest absolute Gasteiger partial charge is 0.325 e. The summed E-state index contributed by atoms with van der Waals surface area (Å²) >= 11 is 7.78. The molecule has 0 saturated heterocycles. The highest BCUT2D eigenvalue weighted by Crippen LogP contribution is 2.45. The van der Waals surface area contributed by atoms with E-state index < -0.39 is 0 Å². The van der Waals surface area contributed by atoms with Crippen LogP contribution in [0.5, 0.6) is 0 Å². The van der Waals surface area contributed by atoms with Gasteiger partial charge in [-0.15, -0.1) is 11.8 Å². The Balaban J connectivity index is 1.92. The monoisotopic (exact) mass is 281 g/mol. The molecule has 18 heavy (non-hydrogen) atoms. The maximum atomic E-state index is 12.5. The number of rotatable bonds is 0. The Hall–Kier alpha value is -0.670. The lowest BCUT2D eigenvalue weighted by Crippen LogP contribution is -2.39. The van der Waals surface area contributed by atoms with Gasteiger partial charge in [-0.3, -0.25) is 4.79 Å². The van der Waals surface area contributed by atoms with Crippen molar-refractivity contribution in [1.29, 1.82) is 0 Å². The first-order valence-electron chi connectivity index (χ1n) is 6.43. The van der Waals surface area contributed by atoms with Crippen LogP contribution in [0.1, 0.15) is 32.1 Å². The standard InChI is InChI=1S/C14H16ClNOS/c15-10-4-5-12-11(8-10)16-13(17)14(9-18-12)6-2-1-3-7-14/h4-5,8H,1-3,6-7,9H2,(H,16,17). The van der Waals surface area contributed by atoms with Gasteiger partial charge in [0.25, 0.3) is 0 Å². The van der Waals surface area contributed by atoms with Crippen LogP contribution >= 0.6 is 23.4 Å². The highest BCUT2D eigenvalue weighted by molar-refractivity contribution is 7.99. The first-order valence-corrected chi connectivity index (χ1v) is 7.80. The fourth-order valence-corrected chi connectivity index (χ4v) is 4.32. The number of carbonyl (C=O) groups excluding carboxylic acids is 1. The van der Waals surface area contributed by atoms with Gasteiger partial charge in [-0.05, 0) is 31.0 Å². The van der Waals surface area contributed by atoms with E-state index in [9.17, 15) is 4.79 Å².